The second kappa shape index (κ2) is 8.28. The SMILES string of the molecule is Cc1ccc(COc2ccccc2CNc2cc(Cl)ccc2Cl)cc1. The second-order valence-corrected chi connectivity index (χ2v) is 6.70. The van der Waals surface area contributed by atoms with Crippen molar-refractivity contribution >= 4 is 28.9 Å². The van der Waals surface area contributed by atoms with Crippen LogP contribution in [0.4, 0.5) is 5.69 Å². The Morgan fingerprint density at radius 1 is 0.920 bits per heavy atom. The molecular weight excluding hydrogens is 353 g/mol. The largest absolute Gasteiger partial charge is 0.489 e. The number of rotatable bonds is 6. The molecule has 3 rings (SSSR count). The van der Waals surface area contributed by atoms with E-state index in [1.807, 2.05) is 30.3 Å². The number of hydrogen-bond acceptors (Lipinski definition) is 2. The summed E-state index contributed by atoms with van der Waals surface area (Å²) in [5.74, 6) is 0.855. The van der Waals surface area contributed by atoms with Crippen LogP contribution in [0.25, 0.3) is 0 Å². The van der Waals surface area contributed by atoms with Crippen LogP contribution in [0, 0.1) is 6.92 Å². The van der Waals surface area contributed by atoms with Crippen molar-refractivity contribution < 1.29 is 4.74 Å². The van der Waals surface area contributed by atoms with E-state index >= 15 is 0 Å². The van der Waals surface area contributed by atoms with Crippen LogP contribution in [0.1, 0.15) is 16.7 Å². The Bertz CT molecular complexity index is 847. The van der Waals surface area contributed by atoms with Gasteiger partial charge in [-0.15, -0.1) is 0 Å². The van der Waals surface area contributed by atoms with Gasteiger partial charge in [-0.25, -0.2) is 0 Å². The number of aryl methyl sites for hydroxylation is 1. The van der Waals surface area contributed by atoms with Crippen molar-refractivity contribution in [2.45, 2.75) is 20.1 Å². The van der Waals surface area contributed by atoms with Gasteiger partial charge in [0.15, 0.2) is 0 Å². The van der Waals surface area contributed by atoms with Crippen molar-refractivity contribution in [2.24, 2.45) is 0 Å². The van der Waals surface area contributed by atoms with Gasteiger partial charge in [-0.1, -0.05) is 71.2 Å². The lowest BCUT2D eigenvalue weighted by molar-refractivity contribution is 0.303. The zero-order valence-corrected chi connectivity index (χ0v) is 15.4. The third-order valence-electron chi connectivity index (χ3n) is 3.89. The Morgan fingerprint density at radius 3 is 2.48 bits per heavy atom. The number of anilines is 1. The van der Waals surface area contributed by atoms with Gasteiger partial charge in [0.2, 0.25) is 0 Å². The zero-order valence-electron chi connectivity index (χ0n) is 13.9. The predicted molar refractivity (Wildman–Crippen MR) is 106 cm³/mol. The lowest BCUT2D eigenvalue weighted by Gasteiger charge is -2.14. The molecule has 0 heterocycles. The topological polar surface area (TPSA) is 21.3 Å². The summed E-state index contributed by atoms with van der Waals surface area (Å²) < 4.78 is 6.01. The molecule has 0 spiro atoms. The average molecular weight is 372 g/mol. The fourth-order valence-corrected chi connectivity index (χ4v) is 2.82. The van der Waals surface area contributed by atoms with Gasteiger partial charge in [0.1, 0.15) is 12.4 Å². The molecular formula is C21H19Cl2NO. The highest BCUT2D eigenvalue weighted by Gasteiger charge is 2.06. The van der Waals surface area contributed by atoms with Crippen molar-refractivity contribution in [2.75, 3.05) is 5.32 Å². The summed E-state index contributed by atoms with van der Waals surface area (Å²) in [4.78, 5) is 0. The molecule has 3 aromatic rings. The van der Waals surface area contributed by atoms with E-state index in [1.54, 1.807) is 12.1 Å². The third kappa shape index (κ3) is 4.91. The summed E-state index contributed by atoms with van der Waals surface area (Å²) >= 11 is 12.2. The Hall–Kier alpha value is -2.16. The lowest BCUT2D eigenvalue weighted by atomic mass is 10.1. The maximum atomic E-state index is 6.20. The highest BCUT2D eigenvalue weighted by Crippen LogP contribution is 2.27. The highest BCUT2D eigenvalue weighted by atomic mass is 35.5. The number of hydrogen-bond donors (Lipinski definition) is 1. The van der Waals surface area contributed by atoms with Crippen LogP contribution in [0.2, 0.25) is 10.0 Å². The number of halogens is 2. The van der Waals surface area contributed by atoms with Gasteiger partial charge in [0.25, 0.3) is 0 Å². The van der Waals surface area contributed by atoms with Gasteiger partial charge >= 0.3 is 0 Å². The normalized spacial score (nSPS) is 10.5. The molecule has 0 radical (unpaired) electrons. The minimum atomic E-state index is 0.537. The number of ether oxygens (including phenoxy) is 1. The molecule has 2 nitrogen and oxygen atoms in total. The van der Waals surface area contributed by atoms with Gasteiger partial charge in [-0.3, -0.25) is 0 Å². The first kappa shape index (κ1) is 17.7. The van der Waals surface area contributed by atoms with Crippen LogP contribution in [0.15, 0.2) is 66.7 Å². The molecule has 0 unspecified atom stereocenters. The fourth-order valence-electron chi connectivity index (χ4n) is 2.46. The van der Waals surface area contributed by atoms with Crippen molar-refractivity contribution in [3.05, 3.63) is 93.5 Å². The first-order valence-corrected chi connectivity index (χ1v) is 8.82. The molecule has 0 aromatic heterocycles. The first-order valence-electron chi connectivity index (χ1n) is 8.07. The summed E-state index contributed by atoms with van der Waals surface area (Å²) in [6.45, 7) is 3.21. The van der Waals surface area contributed by atoms with Crippen LogP contribution in [0.3, 0.4) is 0 Å². The molecule has 25 heavy (non-hydrogen) atoms. The van der Waals surface area contributed by atoms with Crippen LogP contribution in [-0.4, -0.2) is 0 Å². The van der Waals surface area contributed by atoms with E-state index in [0.29, 0.717) is 23.2 Å². The van der Waals surface area contributed by atoms with Gasteiger partial charge < -0.3 is 10.1 Å². The van der Waals surface area contributed by atoms with Gasteiger partial charge in [-0.05, 0) is 36.8 Å². The molecule has 0 aliphatic carbocycles. The van der Waals surface area contributed by atoms with E-state index in [2.05, 4.69) is 36.5 Å². The minimum absolute atomic E-state index is 0.537. The molecule has 0 saturated heterocycles. The molecule has 128 valence electrons. The van der Waals surface area contributed by atoms with Gasteiger partial charge in [0, 0.05) is 17.1 Å². The summed E-state index contributed by atoms with van der Waals surface area (Å²) in [6, 6.07) is 21.7. The second-order valence-electron chi connectivity index (χ2n) is 5.86. The number of nitrogens with one attached hydrogen (secondary N) is 1. The summed E-state index contributed by atoms with van der Waals surface area (Å²) in [5.41, 5.74) is 4.26. The monoisotopic (exact) mass is 371 g/mol. The van der Waals surface area contributed by atoms with Gasteiger partial charge in [-0.2, -0.15) is 0 Å². The summed E-state index contributed by atoms with van der Waals surface area (Å²) in [7, 11) is 0. The van der Waals surface area contributed by atoms with Crippen LogP contribution >= 0.6 is 23.2 Å². The molecule has 0 bridgehead atoms. The third-order valence-corrected chi connectivity index (χ3v) is 4.45. The van der Waals surface area contributed by atoms with Crippen LogP contribution in [-0.2, 0) is 13.2 Å². The fraction of sp³-hybridized carbons (Fsp3) is 0.143. The van der Waals surface area contributed by atoms with Crippen molar-refractivity contribution in [1.29, 1.82) is 0 Å². The first-order chi connectivity index (χ1) is 12.1. The molecule has 0 fully saturated rings. The quantitative estimate of drug-likeness (QED) is 0.534. The van der Waals surface area contributed by atoms with E-state index in [9.17, 15) is 0 Å². The van der Waals surface area contributed by atoms with E-state index in [0.717, 1.165) is 22.6 Å². The Kier molecular flexibility index (Phi) is 5.85. The maximum Gasteiger partial charge on any atom is 0.124 e. The summed E-state index contributed by atoms with van der Waals surface area (Å²) in [5, 5.41) is 4.61. The standard InChI is InChI=1S/C21H19Cl2NO/c1-15-6-8-16(9-7-15)14-25-21-5-3-2-4-17(21)13-24-20-12-18(22)10-11-19(20)23/h2-12,24H,13-14H2,1H3. The lowest BCUT2D eigenvalue weighted by Crippen LogP contribution is -2.04. The van der Waals surface area contributed by atoms with Crippen molar-refractivity contribution in [3.8, 4) is 5.75 Å². The van der Waals surface area contributed by atoms with E-state index in [4.69, 9.17) is 27.9 Å². The minimum Gasteiger partial charge on any atom is -0.489 e. The molecule has 0 atom stereocenters. The molecule has 0 saturated carbocycles. The molecule has 0 amide bonds. The van der Waals surface area contributed by atoms with Gasteiger partial charge in [0.05, 0.1) is 10.7 Å². The van der Waals surface area contributed by atoms with Crippen LogP contribution in [0.5, 0.6) is 5.75 Å². The maximum absolute atomic E-state index is 6.20. The number of benzene rings is 3. The predicted octanol–water partition coefficient (Wildman–Crippen LogP) is 6.49. The molecule has 0 aliphatic rings. The Balaban J connectivity index is 1.68. The zero-order chi connectivity index (χ0) is 17.6. The molecule has 4 heteroatoms. The highest BCUT2D eigenvalue weighted by molar-refractivity contribution is 6.35. The van der Waals surface area contributed by atoms with Crippen molar-refractivity contribution in [1.82, 2.24) is 0 Å². The molecule has 3 aromatic carbocycles. The van der Waals surface area contributed by atoms with E-state index < -0.39 is 0 Å². The molecule has 1 N–H and O–H groups in total. The van der Waals surface area contributed by atoms with E-state index in [1.165, 1.54) is 5.56 Å². The summed E-state index contributed by atoms with van der Waals surface area (Å²) in [6.07, 6.45) is 0. The Morgan fingerprint density at radius 2 is 1.68 bits per heavy atom. The van der Waals surface area contributed by atoms with Crippen LogP contribution < -0.4 is 10.1 Å². The average Bonchev–Trinajstić information content (AvgIpc) is 2.63. The smallest absolute Gasteiger partial charge is 0.124 e. The van der Waals surface area contributed by atoms with E-state index in [-0.39, 0.29) is 0 Å². The van der Waals surface area contributed by atoms with Crippen molar-refractivity contribution in [3.63, 3.8) is 0 Å². The number of para-hydroxylation sites is 1. The molecule has 0 aliphatic heterocycles. The Labute approximate surface area is 158 Å².